The minimum Gasteiger partial charge on any atom is -0.350 e. The Morgan fingerprint density at radius 2 is 1.25 bits per heavy atom. The number of benzene rings is 6. The molecular weight excluding hydrogens is 810 g/mol. The summed E-state index contributed by atoms with van der Waals surface area (Å²) in [5.41, 5.74) is 7.88. The van der Waals surface area contributed by atoms with Gasteiger partial charge in [-0.1, -0.05) is 96.3 Å². The Morgan fingerprint density at radius 1 is 0.529 bits per heavy atom. The summed E-state index contributed by atoms with van der Waals surface area (Å²) in [6.07, 6.45) is 6.95. The summed E-state index contributed by atoms with van der Waals surface area (Å²) in [7, 11) is 0. The van der Waals surface area contributed by atoms with Gasteiger partial charge in [-0.15, -0.1) is 39.3 Å². The van der Waals surface area contributed by atoms with Gasteiger partial charge in [-0.2, -0.15) is 6.07 Å². The first kappa shape index (κ1) is 29.6. The van der Waals surface area contributed by atoms with Crippen LogP contribution in [0.1, 0.15) is 0 Å². The molecule has 0 saturated heterocycles. The minimum absolute atomic E-state index is 0. The maximum Gasteiger partial charge on any atom is 2.00 e. The Morgan fingerprint density at radius 3 is 2.04 bits per heavy atom. The maximum atomic E-state index is 5.05. The largest absolute Gasteiger partial charge is 2.00 e. The van der Waals surface area contributed by atoms with Gasteiger partial charge in [0.1, 0.15) is 0 Å². The number of fused-ring (bicyclic) bond motifs is 11. The minimum atomic E-state index is 0. The van der Waals surface area contributed by atoms with Gasteiger partial charge in [0.15, 0.2) is 5.82 Å². The van der Waals surface area contributed by atoms with Crippen molar-refractivity contribution in [2.75, 3.05) is 0 Å². The van der Waals surface area contributed by atoms with Crippen LogP contribution in [-0.2, 0) is 21.1 Å². The molecule has 0 unspecified atom stereocenters. The van der Waals surface area contributed by atoms with E-state index in [0.717, 1.165) is 82.5 Å². The summed E-state index contributed by atoms with van der Waals surface area (Å²) < 4.78 is 4.41. The third-order valence-corrected chi connectivity index (χ3v) is 9.75. The molecule has 0 aliphatic heterocycles. The molecular formula is C43H23N7Pt. The zero-order chi connectivity index (χ0) is 32.8. The molecule has 0 fully saturated rings. The van der Waals surface area contributed by atoms with Gasteiger partial charge in [0, 0.05) is 46.2 Å². The fourth-order valence-corrected chi connectivity index (χ4v) is 7.54. The molecule has 0 radical (unpaired) electrons. The molecule has 240 valence electrons. The van der Waals surface area contributed by atoms with Gasteiger partial charge in [-0.25, -0.2) is 0 Å². The summed E-state index contributed by atoms with van der Waals surface area (Å²) in [5, 5.41) is 18.4. The van der Waals surface area contributed by atoms with Crippen molar-refractivity contribution >= 4 is 76.2 Å². The second kappa shape index (κ2) is 11.4. The number of nitrogens with zero attached hydrogens (tertiary/aromatic N) is 7. The Hall–Kier alpha value is -6.30. The van der Waals surface area contributed by atoms with Gasteiger partial charge in [0.05, 0.1) is 5.52 Å². The molecule has 0 aliphatic rings. The Labute approximate surface area is 305 Å². The molecule has 0 atom stereocenters. The zero-order valence-corrected chi connectivity index (χ0v) is 29.0. The second-order valence-electron chi connectivity index (χ2n) is 12.5. The molecule has 0 aliphatic carbocycles. The number of hydrogen-bond donors (Lipinski definition) is 0. The quantitative estimate of drug-likeness (QED) is 0.166. The summed E-state index contributed by atoms with van der Waals surface area (Å²) >= 11 is 0. The number of aromatic nitrogens is 7. The van der Waals surface area contributed by atoms with Gasteiger partial charge in [0.25, 0.3) is 0 Å². The van der Waals surface area contributed by atoms with Crippen LogP contribution in [-0.4, -0.2) is 34.3 Å². The van der Waals surface area contributed by atoms with Gasteiger partial charge < -0.3 is 19.1 Å². The van der Waals surface area contributed by atoms with Crippen molar-refractivity contribution in [1.29, 1.82) is 0 Å². The molecule has 0 bridgehead atoms. The van der Waals surface area contributed by atoms with E-state index in [2.05, 4.69) is 133 Å². The monoisotopic (exact) mass is 832 g/mol. The standard InChI is InChI=1S/C43H23N7.Pt/c1-4-10-31-26(7-1)13-17-36-41(31)33-16-15-30(23-38(33)50(36)40-22-28-9-3-6-12-34(28)47-48-40)49-37-18-14-27-8-2-5-11-32(27)42(37)43-39(49)21-29(24-46-43)35-25-44-19-20-45-35;/h1-20,22,24-25H;/q-2;+2. The Bertz CT molecular complexity index is 3170. The molecule has 5 heterocycles. The predicted octanol–water partition coefficient (Wildman–Crippen LogP) is 9.58. The van der Waals surface area contributed by atoms with Crippen LogP contribution >= 0.6 is 0 Å². The molecule has 6 aromatic carbocycles. The Balaban J connectivity index is 0.00000327. The molecule has 8 heteroatoms. The van der Waals surface area contributed by atoms with Gasteiger partial charge in [-0.05, 0) is 62.1 Å². The maximum absolute atomic E-state index is 5.05. The fraction of sp³-hybridized carbons (Fsp3) is 0. The third kappa shape index (κ3) is 4.38. The van der Waals surface area contributed by atoms with E-state index in [1.54, 1.807) is 18.6 Å². The van der Waals surface area contributed by atoms with Crippen molar-refractivity contribution in [2.24, 2.45) is 0 Å². The van der Waals surface area contributed by atoms with Crippen molar-refractivity contribution in [1.82, 2.24) is 34.3 Å². The van der Waals surface area contributed by atoms with Crippen molar-refractivity contribution < 1.29 is 21.1 Å². The average Bonchev–Trinajstić information content (AvgIpc) is 3.70. The topological polar surface area (TPSA) is 74.3 Å². The van der Waals surface area contributed by atoms with E-state index in [1.165, 1.54) is 10.8 Å². The predicted molar refractivity (Wildman–Crippen MR) is 200 cm³/mol. The molecule has 11 aromatic rings. The van der Waals surface area contributed by atoms with Gasteiger partial charge in [0.2, 0.25) is 0 Å². The normalized spacial score (nSPS) is 11.8. The van der Waals surface area contributed by atoms with E-state index < -0.39 is 0 Å². The molecule has 0 saturated carbocycles. The smallest absolute Gasteiger partial charge is 0.350 e. The third-order valence-electron chi connectivity index (χ3n) is 9.75. The van der Waals surface area contributed by atoms with E-state index in [9.17, 15) is 0 Å². The van der Waals surface area contributed by atoms with E-state index in [-0.39, 0.29) is 21.1 Å². The first-order chi connectivity index (χ1) is 24.8. The summed E-state index contributed by atoms with van der Waals surface area (Å²) in [5.74, 6) is 0.735. The number of hydrogen-bond acceptors (Lipinski definition) is 5. The van der Waals surface area contributed by atoms with Gasteiger partial charge in [-0.3, -0.25) is 4.98 Å². The molecule has 0 N–H and O–H groups in total. The van der Waals surface area contributed by atoms with Crippen LogP contribution in [0.3, 0.4) is 0 Å². The van der Waals surface area contributed by atoms with Crippen molar-refractivity contribution in [3.8, 4) is 22.8 Å². The van der Waals surface area contributed by atoms with E-state index in [4.69, 9.17) is 10.1 Å². The van der Waals surface area contributed by atoms with E-state index >= 15 is 0 Å². The van der Waals surface area contributed by atoms with E-state index in [0.29, 0.717) is 5.69 Å². The second-order valence-corrected chi connectivity index (χ2v) is 12.5. The zero-order valence-electron chi connectivity index (χ0n) is 26.7. The molecule has 0 spiro atoms. The van der Waals surface area contributed by atoms with Crippen molar-refractivity contribution in [2.45, 2.75) is 0 Å². The van der Waals surface area contributed by atoms with Crippen LogP contribution in [0.25, 0.3) is 99.0 Å². The van der Waals surface area contributed by atoms with Crippen LogP contribution in [0.5, 0.6) is 0 Å². The SMILES string of the molecule is [Pt+2].[c-]1c(-n2c3[c-]c(-c4cnccn4)cnc3c3c4ccccc4ccc32)ccc2c3c4ccccc4ccc3n(-c3cc4ccccc4nn3)c12. The summed E-state index contributed by atoms with van der Waals surface area (Å²) in [6, 6.07) is 47.8. The fourth-order valence-electron chi connectivity index (χ4n) is 7.54. The van der Waals surface area contributed by atoms with Crippen LogP contribution in [0.15, 0.2) is 140 Å². The molecule has 11 rings (SSSR count). The van der Waals surface area contributed by atoms with Crippen LogP contribution in [0.2, 0.25) is 0 Å². The van der Waals surface area contributed by atoms with Crippen molar-refractivity contribution in [3.63, 3.8) is 0 Å². The Kier molecular flexibility index (Phi) is 6.60. The summed E-state index contributed by atoms with van der Waals surface area (Å²) in [4.78, 5) is 13.9. The number of pyridine rings is 1. The molecule has 7 nitrogen and oxygen atoms in total. The average molecular weight is 833 g/mol. The van der Waals surface area contributed by atoms with Crippen molar-refractivity contribution in [3.05, 3.63) is 152 Å². The van der Waals surface area contributed by atoms with Crippen LogP contribution in [0.4, 0.5) is 0 Å². The molecule has 0 amide bonds. The van der Waals surface area contributed by atoms with E-state index in [1.807, 2.05) is 24.4 Å². The summed E-state index contributed by atoms with van der Waals surface area (Å²) in [6.45, 7) is 0. The van der Waals surface area contributed by atoms with Gasteiger partial charge >= 0.3 is 21.1 Å². The van der Waals surface area contributed by atoms with Crippen LogP contribution < -0.4 is 0 Å². The molecule has 5 aromatic heterocycles. The first-order valence-electron chi connectivity index (χ1n) is 16.4. The first-order valence-corrected chi connectivity index (χ1v) is 16.4. The van der Waals surface area contributed by atoms with Crippen LogP contribution in [0, 0.1) is 12.1 Å². The molecule has 51 heavy (non-hydrogen) atoms. The number of rotatable bonds is 3.